The van der Waals surface area contributed by atoms with Gasteiger partial charge >= 0.3 is 0 Å². The summed E-state index contributed by atoms with van der Waals surface area (Å²) < 4.78 is 32.2. The third-order valence-electron chi connectivity index (χ3n) is 4.55. The summed E-state index contributed by atoms with van der Waals surface area (Å²) in [6, 6.07) is 21.0. The number of carbonyl (C=O) groups excluding carboxylic acids is 1. The summed E-state index contributed by atoms with van der Waals surface area (Å²) in [6.07, 6.45) is 0. The van der Waals surface area contributed by atoms with Crippen LogP contribution in [0.3, 0.4) is 0 Å². The van der Waals surface area contributed by atoms with Crippen LogP contribution in [-0.4, -0.2) is 33.0 Å². The summed E-state index contributed by atoms with van der Waals surface area (Å²) in [5.74, 6) is 0.555. The number of amides is 1. The Morgan fingerprint density at radius 3 is 2.55 bits per heavy atom. The number of benzene rings is 2. The van der Waals surface area contributed by atoms with Gasteiger partial charge in [0.25, 0.3) is 15.9 Å². The summed E-state index contributed by atoms with van der Waals surface area (Å²) in [5.41, 5.74) is 1.28. The first-order valence-corrected chi connectivity index (χ1v) is 11.7. The van der Waals surface area contributed by atoms with Crippen LogP contribution in [0.1, 0.15) is 0 Å². The average Bonchev–Trinajstić information content (AvgIpc) is 3.33. The van der Waals surface area contributed by atoms with Crippen molar-refractivity contribution in [2.24, 2.45) is 0 Å². The minimum Gasteiger partial charge on any atom is -0.484 e. The minimum absolute atomic E-state index is 0.197. The number of nitrogens with one attached hydrogen (secondary N) is 1. The van der Waals surface area contributed by atoms with Crippen LogP contribution < -0.4 is 14.4 Å². The van der Waals surface area contributed by atoms with Crippen LogP contribution in [0.2, 0.25) is 0 Å². The number of fused-ring (bicyclic) bond motifs is 1. The summed E-state index contributed by atoms with van der Waals surface area (Å²) in [4.78, 5) is 16.6. The lowest BCUT2D eigenvalue weighted by atomic mass is 10.2. The maximum atomic E-state index is 12.6. The van der Waals surface area contributed by atoms with Crippen LogP contribution in [0, 0.1) is 0 Å². The molecule has 2 heterocycles. The van der Waals surface area contributed by atoms with Gasteiger partial charge in [-0.3, -0.25) is 9.10 Å². The Labute approximate surface area is 184 Å². The number of rotatable bonds is 7. The molecule has 0 saturated heterocycles. The van der Waals surface area contributed by atoms with Crippen LogP contribution in [0.25, 0.3) is 10.9 Å². The molecule has 2 aromatic carbocycles. The van der Waals surface area contributed by atoms with E-state index >= 15 is 0 Å². The SMILES string of the molecule is CN(c1ccc(OCC(=O)Nc2ccc3ccccc3n2)cc1)S(=O)(=O)c1cccs1. The first kappa shape index (κ1) is 20.8. The highest BCUT2D eigenvalue weighted by molar-refractivity contribution is 7.94. The van der Waals surface area contributed by atoms with Crippen molar-refractivity contribution < 1.29 is 17.9 Å². The monoisotopic (exact) mass is 453 g/mol. The van der Waals surface area contributed by atoms with Crippen molar-refractivity contribution in [3.8, 4) is 5.75 Å². The Hall–Kier alpha value is -3.43. The fraction of sp³-hybridized carbons (Fsp3) is 0.0909. The van der Waals surface area contributed by atoms with Gasteiger partial charge in [0.1, 0.15) is 15.8 Å². The molecule has 0 unspecified atom stereocenters. The molecule has 0 fully saturated rings. The van der Waals surface area contributed by atoms with Gasteiger partial charge in [0, 0.05) is 12.4 Å². The fourth-order valence-corrected chi connectivity index (χ4v) is 5.26. The van der Waals surface area contributed by atoms with E-state index in [0.29, 0.717) is 17.3 Å². The average molecular weight is 454 g/mol. The number of hydrogen-bond donors (Lipinski definition) is 1. The molecule has 0 aliphatic heterocycles. The Balaban J connectivity index is 1.36. The predicted octanol–water partition coefficient (Wildman–Crippen LogP) is 4.14. The number of thiophene rings is 1. The van der Waals surface area contributed by atoms with Crippen LogP contribution in [-0.2, 0) is 14.8 Å². The molecule has 1 amide bonds. The largest absolute Gasteiger partial charge is 0.484 e. The minimum atomic E-state index is -3.60. The maximum Gasteiger partial charge on any atom is 0.273 e. The zero-order valence-corrected chi connectivity index (χ0v) is 18.2. The lowest BCUT2D eigenvalue weighted by molar-refractivity contribution is -0.118. The van der Waals surface area contributed by atoms with Gasteiger partial charge in [-0.1, -0.05) is 24.3 Å². The van der Waals surface area contributed by atoms with E-state index in [0.717, 1.165) is 22.2 Å². The number of carbonyl (C=O) groups is 1. The Bertz CT molecular complexity index is 1300. The number of hydrogen-bond acceptors (Lipinski definition) is 6. The van der Waals surface area contributed by atoms with Crippen molar-refractivity contribution in [3.63, 3.8) is 0 Å². The zero-order valence-electron chi connectivity index (χ0n) is 16.6. The second-order valence-electron chi connectivity index (χ2n) is 6.62. The quantitative estimate of drug-likeness (QED) is 0.454. The summed E-state index contributed by atoms with van der Waals surface area (Å²) in [7, 11) is -2.10. The molecule has 0 saturated carbocycles. The standard InChI is InChI=1S/C22H19N3O4S2/c1-25(31(27,28)22-7-4-14-30-22)17-9-11-18(12-10-17)29-15-21(26)24-20-13-8-16-5-2-3-6-19(16)23-20/h2-14H,15H2,1H3,(H,23,24,26). The molecule has 0 aliphatic carbocycles. The van der Waals surface area contributed by atoms with Crippen molar-refractivity contribution in [3.05, 3.63) is 78.2 Å². The summed E-state index contributed by atoms with van der Waals surface area (Å²) >= 11 is 1.16. The Morgan fingerprint density at radius 2 is 1.81 bits per heavy atom. The van der Waals surface area contributed by atoms with Crippen LogP contribution in [0.5, 0.6) is 5.75 Å². The highest BCUT2D eigenvalue weighted by Crippen LogP contribution is 2.26. The van der Waals surface area contributed by atoms with E-state index in [1.807, 2.05) is 30.3 Å². The molecule has 7 nitrogen and oxygen atoms in total. The molecule has 4 rings (SSSR count). The van der Waals surface area contributed by atoms with Gasteiger partial charge in [-0.2, -0.15) is 0 Å². The summed E-state index contributed by atoms with van der Waals surface area (Å²) in [6.45, 7) is -0.197. The number of aromatic nitrogens is 1. The van der Waals surface area contributed by atoms with Gasteiger partial charge in [0.15, 0.2) is 6.61 Å². The van der Waals surface area contributed by atoms with E-state index in [9.17, 15) is 13.2 Å². The van der Waals surface area contributed by atoms with Crippen LogP contribution >= 0.6 is 11.3 Å². The van der Waals surface area contributed by atoms with Crippen molar-refractivity contribution in [2.75, 3.05) is 23.3 Å². The van der Waals surface area contributed by atoms with Gasteiger partial charge in [0.2, 0.25) is 0 Å². The number of ether oxygens (including phenoxy) is 1. The number of pyridine rings is 1. The van der Waals surface area contributed by atoms with Crippen molar-refractivity contribution in [2.45, 2.75) is 4.21 Å². The normalized spacial score (nSPS) is 11.3. The molecule has 0 aliphatic rings. The molecule has 0 atom stereocenters. The second-order valence-corrected chi connectivity index (χ2v) is 9.77. The lowest BCUT2D eigenvalue weighted by Crippen LogP contribution is -2.25. The molecule has 158 valence electrons. The molecule has 31 heavy (non-hydrogen) atoms. The van der Waals surface area contributed by atoms with E-state index in [4.69, 9.17) is 4.74 Å². The Kier molecular flexibility index (Phi) is 5.88. The van der Waals surface area contributed by atoms with E-state index in [-0.39, 0.29) is 16.7 Å². The van der Waals surface area contributed by atoms with Gasteiger partial charge in [-0.25, -0.2) is 13.4 Å². The molecule has 0 bridgehead atoms. The molecule has 9 heteroatoms. The van der Waals surface area contributed by atoms with Crippen molar-refractivity contribution >= 4 is 49.7 Å². The van der Waals surface area contributed by atoms with E-state index < -0.39 is 10.0 Å². The smallest absolute Gasteiger partial charge is 0.273 e. The molecular weight excluding hydrogens is 434 g/mol. The van der Waals surface area contributed by atoms with E-state index in [2.05, 4.69) is 10.3 Å². The first-order chi connectivity index (χ1) is 14.9. The topological polar surface area (TPSA) is 88.6 Å². The molecule has 1 N–H and O–H groups in total. The lowest BCUT2D eigenvalue weighted by Gasteiger charge is -2.18. The molecular formula is C22H19N3O4S2. The second kappa shape index (κ2) is 8.75. The van der Waals surface area contributed by atoms with Gasteiger partial charge in [-0.15, -0.1) is 11.3 Å². The number of para-hydroxylation sites is 1. The highest BCUT2D eigenvalue weighted by Gasteiger charge is 2.22. The van der Waals surface area contributed by atoms with Crippen LogP contribution in [0.4, 0.5) is 11.5 Å². The van der Waals surface area contributed by atoms with E-state index in [1.165, 1.54) is 11.4 Å². The third-order valence-corrected chi connectivity index (χ3v) is 7.70. The Morgan fingerprint density at radius 1 is 1.03 bits per heavy atom. The molecule has 4 aromatic rings. The third kappa shape index (κ3) is 4.68. The number of nitrogens with zero attached hydrogens (tertiary/aromatic N) is 2. The molecule has 0 spiro atoms. The molecule has 2 aromatic heterocycles. The molecule has 0 radical (unpaired) electrons. The fourth-order valence-electron chi connectivity index (χ4n) is 2.90. The van der Waals surface area contributed by atoms with Crippen molar-refractivity contribution in [1.82, 2.24) is 4.98 Å². The van der Waals surface area contributed by atoms with E-state index in [1.54, 1.807) is 47.8 Å². The van der Waals surface area contributed by atoms with Gasteiger partial charge in [0.05, 0.1) is 11.2 Å². The predicted molar refractivity (Wildman–Crippen MR) is 122 cm³/mol. The van der Waals surface area contributed by atoms with Gasteiger partial charge in [-0.05, 0) is 53.9 Å². The van der Waals surface area contributed by atoms with Crippen molar-refractivity contribution in [1.29, 1.82) is 0 Å². The van der Waals surface area contributed by atoms with Gasteiger partial charge < -0.3 is 10.1 Å². The first-order valence-electron chi connectivity index (χ1n) is 9.34. The summed E-state index contributed by atoms with van der Waals surface area (Å²) in [5, 5.41) is 5.42. The number of sulfonamides is 1. The highest BCUT2D eigenvalue weighted by atomic mass is 32.2. The maximum absolute atomic E-state index is 12.6. The zero-order chi connectivity index (χ0) is 21.8. The van der Waals surface area contributed by atoms with Crippen LogP contribution in [0.15, 0.2) is 82.4 Å². The number of anilines is 2.